The van der Waals surface area contributed by atoms with Crippen molar-refractivity contribution in [3.05, 3.63) is 30.0 Å². The minimum atomic E-state index is -0.276. The van der Waals surface area contributed by atoms with Crippen molar-refractivity contribution in [2.24, 2.45) is 0 Å². The van der Waals surface area contributed by atoms with E-state index in [0.717, 1.165) is 40.2 Å². The van der Waals surface area contributed by atoms with Gasteiger partial charge < -0.3 is 15.0 Å². The Balaban J connectivity index is 2.18. The van der Waals surface area contributed by atoms with Gasteiger partial charge in [-0.25, -0.2) is 4.79 Å². The molecule has 1 aromatic heterocycles. The Bertz CT molecular complexity index is 611. The van der Waals surface area contributed by atoms with Crippen LogP contribution in [0.1, 0.15) is 19.4 Å². The summed E-state index contributed by atoms with van der Waals surface area (Å²) in [5.41, 5.74) is 2.15. The molecule has 0 unspecified atom stereocenters. The summed E-state index contributed by atoms with van der Waals surface area (Å²) >= 11 is 0. The SMILES string of the molecule is CNCCc1c[nH]c2cccc(OC(=O)SSC(C)C)c12. The summed E-state index contributed by atoms with van der Waals surface area (Å²) in [6, 6.07) is 5.73. The Morgan fingerprint density at radius 2 is 2.24 bits per heavy atom. The van der Waals surface area contributed by atoms with E-state index in [1.807, 2.05) is 45.3 Å². The van der Waals surface area contributed by atoms with Gasteiger partial charge in [0.1, 0.15) is 5.75 Å². The van der Waals surface area contributed by atoms with Crippen molar-refractivity contribution in [1.82, 2.24) is 10.3 Å². The summed E-state index contributed by atoms with van der Waals surface area (Å²) in [6.07, 6.45) is 2.87. The zero-order valence-electron chi connectivity index (χ0n) is 12.4. The molecule has 0 spiro atoms. The Morgan fingerprint density at radius 1 is 1.43 bits per heavy atom. The minimum absolute atomic E-state index is 0.276. The number of rotatable bonds is 6. The maximum Gasteiger partial charge on any atom is 0.383 e. The zero-order chi connectivity index (χ0) is 15.2. The van der Waals surface area contributed by atoms with Crippen molar-refractivity contribution < 1.29 is 9.53 Å². The van der Waals surface area contributed by atoms with E-state index in [2.05, 4.69) is 10.3 Å². The van der Waals surface area contributed by atoms with Crippen LogP contribution in [0.3, 0.4) is 0 Å². The molecule has 0 aliphatic rings. The fourth-order valence-corrected chi connectivity index (χ4v) is 3.31. The standard InChI is InChI=1S/C15H20N2O2S2/c1-10(2)20-21-15(18)19-13-6-4-5-12-14(13)11(9-17-12)7-8-16-3/h4-6,9-10,16-17H,7-8H2,1-3H3. The number of benzene rings is 1. The van der Waals surface area contributed by atoms with Crippen LogP contribution in [-0.2, 0) is 6.42 Å². The number of hydrogen-bond donors (Lipinski definition) is 2. The summed E-state index contributed by atoms with van der Waals surface area (Å²) in [5.74, 6) is 0.627. The van der Waals surface area contributed by atoms with E-state index in [9.17, 15) is 4.79 Å². The highest BCUT2D eigenvalue weighted by Crippen LogP contribution is 2.33. The van der Waals surface area contributed by atoms with Crippen molar-refractivity contribution >= 4 is 37.8 Å². The van der Waals surface area contributed by atoms with Gasteiger partial charge >= 0.3 is 5.30 Å². The van der Waals surface area contributed by atoms with Crippen LogP contribution in [0.5, 0.6) is 5.75 Å². The van der Waals surface area contributed by atoms with Crippen molar-refractivity contribution in [3.63, 3.8) is 0 Å². The van der Waals surface area contributed by atoms with E-state index >= 15 is 0 Å². The second-order valence-corrected chi connectivity index (χ2v) is 7.64. The first kappa shape index (κ1) is 16.3. The van der Waals surface area contributed by atoms with Crippen molar-refractivity contribution in [1.29, 1.82) is 0 Å². The van der Waals surface area contributed by atoms with Crippen molar-refractivity contribution in [2.45, 2.75) is 25.5 Å². The van der Waals surface area contributed by atoms with E-state index in [1.165, 1.54) is 10.8 Å². The predicted molar refractivity (Wildman–Crippen MR) is 92.3 cm³/mol. The molecule has 6 heteroatoms. The number of H-pyrrole nitrogens is 1. The van der Waals surface area contributed by atoms with Gasteiger partial charge in [0, 0.05) is 33.1 Å². The van der Waals surface area contributed by atoms with Gasteiger partial charge in [-0.05, 0) is 37.7 Å². The largest absolute Gasteiger partial charge is 0.417 e. The lowest BCUT2D eigenvalue weighted by atomic mass is 10.1. The summed E-state index contributed by atoms with van der Waals surface area (Å²) in [7, 11) is 4.58. The third-order valence-electron chi connectivity index (χ3n) is 2.90. The van der Waals surface area contributed by atoms with Crippen LogP contribution in [0.15, 0.2) is 24.4 Å². The number of nitrogens with one attached hydrogen (secondary N) is 2. The molecule has 0 aliphatic carbocycles. The summed E-state index contributed by atoms with van der Waals surface area (Å²) in [5, 5.41) is 4.24. The van der Waals surface area contributed by atoms with Gasteiger partial charge in [-0.1, -0.05) is 30.7 Å². The second-order valence-electron chi connectivity index (χ2n) is 4.93. The molecule has 21 heavy (non-hydrogen) atoms. The fourth-order valence-electron chi connectivity index (χ4n) is 2.00. The molecule has 114 valence electrons. The Labute approximate surface area is 132 Å². The summed E-state index contributed by atoms with van der Waals surface area (Å²) in [6.45, 7) is 4.98. The number of ether oxygens (including phenoxy) is 1. The Hall–Kier alpha value is -1.11. The molecule has 0 saturated heterocycles. The Kier molecular flexibility index (Phi) is 6.02. The lowest BCUT2D eigenvalue weighted by Crippen LogP contribution is -2.10. The molecule has 0 aliphatic heterocycles. The van der Waals surface area contributed by atoms with Crippen LogP contribution in [0.2, 0.25) is 0 Å². The van der Waals surface area contributed by atoms with Crippen LogP contribution in [0, 0.1) is 0 Å². The molecule has 1 aromatic carbocycles. The van der Waals surface area contributed by atoms with E-state index in [0.29, 0.717) is 11.0 Å². The monoisotopic (exact) mass is 324 g/mol. The molecule has 0 fully saturated rings. The molecular formula is C15H20N2O2S2. The van der Waals surface area contributed by atoms with Gasteiger partial charge in [0.25, 0.3) is 0 Å². The molecule has 1 heterocycles. The normalized spacial score (nSPS) is 11.2. The van der Waals surface area contributed by atoms with Gasteiger partial charge in [-0.2, -0.15) is 0 Å². The molecule has 2 aromatic rings. The highest BCUT2D eigenvalue weighted by Gasteiger charge is 2.14. The highest BCUT2D eigenvalue weighted by molar-refractivity contribution is 8.82. The van der Waals surface area contributed by atoms with Gasteiger partial charge in [-0.15, -0.1) is 0 Å². The molecule has 0 saturated carbocycles. The number of aromatic amines is 1. The molecule has 0 radical (unpaired) electrons. The number of hydrogen-bond acceptors (Lipinski definition) is 5. The first-order valence-electron chi connectivity index (χ1n) is 6.90. The van der Waals surface area contributed by atoms with Crippen molar-refractivity contribution in [3.8, 4) is 5.75 Å². The number of aromatic nitrogens is 1. The third kappa shape index (κ3) is 4.43. The lowest BCUT2D eigenvalue weighted by molar-refractivity contribution is 0.228. The number of carbonyl (C=O) groups is 1. The number of fused-ring (bicyclic) bond motifs is 1. The van der Waals surface area contributed by atoms with E-state index in [-0.39, 0.29) is 5.30 Å². The van der Waals surface area contributed by atoms with Crippen LogP contribution < -0.4 is 10.1 Å². The predicted octanol–water partition coefficient (Wildman–Crippen LogP) is 4.22. The fraction of sp³-hybridized carbons (Fsp3) is 0.400. The number of carbonyl (C=O) groups excluding carboxylic acids is 1. The van der Waals surface area contributed by atoms with Gasteiger partial charge in [-0.3, -0.25) is 0 Å². The number of likely N-dealkylation sites (N-methyl/N-ethyl adjacent to an activating group) is 1. The average molecular weight is 324 g/mol. The Morgan fingerprint density at radius 3 is 2.95 bits per heavy atom. The minimum Gasteiger partial charge on any atom is -0.417 e. The summed E-state index contributed by atoms with van der Waals surface area (Å²) < 4.78 is 5.52. The van der Waals surface area contributed by atoms with Crippen LogP contribution in [-0.4, -0.2) is 29.1 Å². The van der Waals surface area contributed by atoms with E-state index in [4.69, 9.17) is 4.74 Å². The van der Waals surface area contributed by atoms with Gasteiger partial charge in [0.05, 0.1) is 0 Å². The summed E-state index contributed by atoms with van der Waals surface area (Å²) in [4.78, 5) is 15.1. The second kappa shape index (κ2) is 7.77. The third-order valence-corrected chi connectivity index (χ3v) is 5.45. The topological polar surface area (TPSA) is 54.1 Å². The van der Waals surface area contributed by atoms with Crippen molar-refractivity contribution in [2.75, 3.05) is 13.6 Å². The van der Waals surface area contributed by atoms with Crippen LogP contribution in [0.4, 0.5) is 4.79 Å². The van der Waals surface area contributed by atoms with E-state index in [1.54, 1.807) is 0 Å². The quantitative estimate of drug-likeness (QED) is 0.615. The smallest absolute Gasteiger partial charge is 0.383 e. The molecule has 0 bridgehead atoms. The molecule has 4 nitrogen and oxygen atoms in total. The van der Waals surface area contributed by atoms with Crippen LogP contribution >= 0.6 is 21.6 Å². The maximum absolute atomic E-state index is 11.9. The molecule has 0 atom stereocenters. The van der Waals surface area contributed by atoms with E-state index < -0.39 is 0 Å². The zero-order valence-corrected chi connectivity index (χ0v) is 14.1. The molecule has 2 rings (SSSR count). The van der Waals surface area contributed by atoms with Gasteiger partial charge in [0.15, 0.2) is 0 Å². The lowest BCUT2D eigenvalue weighted by Gasteiger charge is -2.08. The first-order chi connectivity index (χ1) is 10.1. The van der Waals surface area contributed by atoms with Gasteiger partial charge in [0.2, 0.25) is 0 Å². The first-order valence-corrected chi connectivity index (χ1v) is 9.12. The highest BCUT2D eigenvalue weighted by atomic mass is 33.1. The average Bonchev–Trinajstić information content (AvgIpc) is 2.87. The molecule has 2 N–H and O–H groups in total. The van der Waals surface area contributed by atoms with Crippen LogP contribution in [0.25, 0.3) is 10.9 Å². The maximum atomic E-state index is 11.9. The molecular weight excluding hydrogens is 304 g/mol. The molecule has 0 amide bonds.